The molecule has 0 unspecified atom stereocenters. The molecule has 158 valence electrons. The smallest absolute Gasteiger partial charge is 0.320 e. The first-order valence-electron chi connectivity index (χ1n) is 8.64. The maximum Gasteiger partial charge on any atom is 0.435 e. The number of halogens is 5. The molecule has 2 aromatic carbocycles. The Morgan fingerprint density at radius 3 is 2.48 bits per heavy atom. The van der Waals surface area contributed by atoms with Crippen LogP contribution in [0.1, 0.15) is 16.2 Å². The molecule has 0 radical (unpaired) electrons. The molecular weight excluding hydrogens is 423 g/mol. The Hall–Kier alpha value is -4.09. The quantitative estimate of drug-likeness (QED) is 0.493. The van der Waals surface area contributed by atoms with Crippen molar-refractivity contribution in [2.75, 3.05) is 5.32 Å². The Balaban J connectivity index is 1.67. The number of nitrogens with zero attached hydrogens (tertiary/aromatic N) is 5. The van der Waals surface area contributed by atoms with Gasteiger partial charge in [-0.2, -0.15) is 18.3 Å². The molecular formula is C19H11F5N6O. The minimum absolute atomic E-state index is 0.0797. The number of benzene rings is 2. The third kappa shape index (κ3) is 3.99. The molecule has 2 heterocycles. The molecule has 0 aliphatic carbocycles. The van der Waals surface area contributed by atoms with Crippen molar-refractivity contribution in [2.45, 2.75) is 6.18 Å². The standard InChI is InChI=1S/C19H11F5N6O/c20-11-3-1-4-13(9-11)30-17(19(22,23)24)16(27-28-30)18(31)26-12-5-6-15(14(21)10-12)29-8-2-7-25-29/h1-10H,(H,26,31). The summed E-state index contributed by atoms with van der Waals surface area (Å²) in [6.45, 7) is 0. The van der Waals surface area contributed by atoms with Crippen LogP contribution in [-0.2, 0) is 6.18 Å². The molecule has 0 spiro atoms. The average Bonchev–Trinajstić information content (AvgIpc) is 3.38. The van der Waals surface area contributed by atoms with Crippen molar-refractivity contribution in [1.82, 2.24) is 24.8 Å². The third-order valence-electron chi connectivity index (χ3n) is 4.16. The van der Waals surface area contributed by atoms with E-state index >= 15 is 0 Å². The van der Waals surface area contributed by atoms with Crippen molar-refractivity contribution in [1.29, 1.82) is 0 Å². The summed E-state index contributed by atoms with van der Waals surface area (Å²) in [4.78, 5) is 12.5. The zero-order valence-corrected chi connectivity index (χ0v) is 15.3. The van der Waals surface area contributed by atoms with Gasteiger partial charge in [-0.15, -0.1) is 5.10 Å². The van der Waals surface area contributed by atoms with Crippen LogP contribution in [0, 0.1) is 11.6 Å². The van der Waals surface area contributed by atoms with Gasteiger partial charge in [-0.25, -0.2) is 18.1 Å². The fourth-order valence-electron chi connectivity index (χ4n) is 2.85. The van der Waals surface area contributed by atoms with Crippen LogP contribution in [0.5, 0.6) is 0 Å². The van der Waals surface area contributed by atoms with E-state index in [0.717, 1.165) is 18.2 Å². The van der Waals surface area contributed by atoms with Crippen molar-refractivity contribution in [3.05, 3.63) is 83.9 Å². The van der Waals surface area contributed by atoms with Crippen LogP contribution in [0.3, 0.4) is 0 Å². The molecule has 0 aliphatic rings. The topological polar surface area (TPSA) is 77.6 Å². The van der Waals surface area contributed by atoms with Gasteiger partial charge in [0.2, 0.25) is 0 Å². The van der Waals surface area contributed by atoms with Gasteiger partial charge in [0.05, 0.1) is 5.69 Å². The molecule has 1 amide bonds. The SMILES string of the molecule is O=C(Nc1ccc(-n2cccn2)c(F)c1)c1nnn(-c2cccc(F)c2)c1C(F)(F)F. The Bertz CT molecular complexity index is 1250. The normalized spacial score (nSPS) is 11.5. The molecule has 0 atom stereocenters. The lowest BCUT2D eigenvalue weighted by Crippen LogP contribution is -2.21. The van der Waals surface area contributed by atoms with Crippen LogP contribution in [0.25, 0.3) is 11.4 Å². The van der Waals surface area contributed by atoms with Crippen molar-refractivity contribution in [3.63, 3.8) is 0 Å². The number of carbonyl (C=O) groups excluding carboxylic acids is 1. The molecule has 0 aliphatic heterocycles. The molecule has 7 nitrogen and oxygen atoms in total. The van der Waals surface area contributed by atoms with Crippen LogP contribution in [0.2, 0.25) is 0 Å². The average molecular weight is 434 g/mol. The predicted octanol–water partition coefficient (Wildman–Crippen LogP) is 4.00. The van der Waals surface area contributed by atoms with Crippen LogP contribution >= 0.6 is 0 Å². The van der Waals surface area contributed by atoms with Gasteiger partial charge in [-0.05, 0) is 42.5 Å². The highest BCUT2D eigenvalue weighted by atomic mass is 19.4. The van der Waals surface area contributed by atoms with Gasteiger partial charge in [0.1, 0.15) is 11.5 Å². The fraction of sp³-hybridized carbons (Fsp3) is 0.0526. The lowest BCUT2D eigenvalue weighted by atomic mass is 10.2. The minimum atomic E-state index is -5.03. The molecule has 0 bridgehead atoms. The summed E-state index contributed by atoms with van der Waals surface area (Å²) in [6, 6.07) is 9.33. The summed E-state index contributed by atoms with van der Waals surface area (Å²) in [5, 5.41) is 12.7. The number of hydrogen-bond acceptors (Lipinski definition) is 4. The minimum Gasteiger partial charge on any atom is -0.320 e. The number of aromatic nitrogens is 5. The van der Waals surface area contributed by atoms with Crippen LogP contribution in [-0.4, -0.2) is 30.7 Å². The summed E-state index contributed by atoms with van der Waals surface area (Å²) in [7, 11) is 0. The highest BCUT2D eigenvalue weighted by molar-refractivity contribution is 6.03. The summed E-state index contributed by atoms with van der Waals surface area (Å²) in [5.41, 5.74) is -2.84. The number of carbonyl (C=O) groups is 1. The Kier molecular flexibility index (Phi) is 4.97. The number of rotatable bonds is 4. The largest absolute Gasteiger partial charge is 0.435 e. The number of hydrogen-bond donors (Lipinski definition) is 1. The van der Waals surface area contributed by atoms with E-state index in [1.165, 1.54) is 41.3 Å². The molecule has 4 rings (SSSR count). The molecule has 31 heavy (non-hydrogen) atoms. The Morgan fingerprint density at radius 1 is 1.03 bits per heavy atom. The van der Waals surface area contributed by atoms with Gasteiger partial charge in [0, 0.05) is 18.1 Å². The van der Waals surface area contributed by atoms with Crippen molar-refractivity contribution in [3.8, 4) is 11.4 Å². The zero-order chi connectivity index (χ0) is 22.2. The maximum absolute atomic E-state index is 14.3. The highest BCUT2D eigenvalue weighted by Gasteiger charge is 2.42. The second kappa shape index (κ2) is 7.63. The highest BCUT2D eigenvalue weighted by Crippen LogP contribution is 2.33. The van der Waals surface area contributed by atoms with Gasteiger partial charge in [0.15, 0.2) is 17.2 Å². The Morgan fingerprint density at radius 2 is 1.84 bits per heavy atom. The van der Waals surface area contributed by atoms with Crippen LogP contribution in [0.15, 0.2) is 60.9 Å². The molecule has 4 aromatic rings. The monoisotopic (exact) mass is 434 g/mol. The zero-order valence-electron chi connectivity index (χ0n) is 15.3. The molecule has 0 saturated carbocycles. The number of anilines is 1. The second-order valence-electron chi connectivity index (χ2n) is 6.25. The predicted molar refractivity (Wildman–Crippen MR) is 97.8 cm³/mol. The number of alkyl halides is 3. The van der Waals surface area contributed by atoms with E-state index in [1.54, 1.807) is 6.07 Å². The van der Waals surface area contributed by atoms with Gasteiger partial charge < -0.3 is 5.32 Å². The van der Waals surface area contributed by atoms with E-state index < -0.39 is 35.1 Å². The van der Waals surface area contributed by atoms with E-state index in [4.69, 9.17) is 0 Å². The van der Waals surface area contributed by atoms with E-state index in [2.05, 4.69) is 20.7 Å². The summed E-state index contributed by atoms with van der Waals surface area (Å²) < 4.78 is 70.3. The molecule has 12 heteroatoms. The first kappa shape index (κ1) is 20.2. The Labute approximate surface area is 170 Å². The van der Waals surface area contributed by atoms with Crippen LogP contribution < -0.4 is 5.32 Å². The lowest BCUT2D eigenvalue weighted by Gasteiger charge is -2.12. The molecule has 0 fully saturated rings. The van der Waals surface area contributed by atoms with E-state index in [9.17, 15) is 26.7 Å². The van der Waals surface area contributed by atoms with Crippen LogP contribution in [0.4, 0.5) is 27.6 Å². The molecule has 0 saturated heterocycles. The van der Waals surface area contributed by atoms with E-state index in [-0.39, 0.29) is 17.1 Å². The van der Waals surface area contributed by atoms with Gasteiger partial charge in [0.25, 0.3) is 5.91 Å². The van der Waals surface area contributed by atoms with E-state index in [1.807, 2.05) is 0 Å². The second-order valence-corrected chi connectivity index (χ2v) is 6.25. The van der Waals surface area contributed by atoms with Gasteiger partial charge >= 0.3 is 6.18 Å². The third-order valence-corrected chi connectivity index (χ3v) is 4.16. The molecule has 2 aromatic heterocycles. The lowest BCUT2D eigenvalue weighted by molar-refractivity contribution is -0.143. The van der Waals surface area contributed by atoms with Crippen molar-refractivity contribution in [2.24, 2.45) is 0 Å². The van der Waals surface area contributed by atoms with Gasteiger partial charge in [-0.3, -0.25) is 4.79 Å². The molecule has 1 N–H and O–H groups in total. The number of nitrogens with one attached hydrogen (secondary N) is 1. The first-order chi connectivity index (χ1) is 14.7. The van der Waals surface area contributed by atoms with Crippen molar-refractivity contribution < 1.29 is 26.7 Å². The van der Waals surface area contributed by atoms with E-state index in [0.29, 0.717) is 4.68 Å². The fourth-order valence-corrected chi connectivity index (χ4v) is 2.85. The summed E-state index contributed by atoms with van der Waals surface area (Å²) in [5.74, 6) is -2.82. The maximum atomic E-state index is 14.3. The number of amides is 1. The van der Waals surface area contributed by atoms with Crippen molar-refractivity contribution >= 4 is 11.6 Å². The summed E-state index contributed by atoms with van der Waals surface area (Å²) >= 11 is 0. The first-order valence-corrected chi connectivity index (χ1v) is 8.64. The summed E-state index contributed by atoms with van der Waals surface area (Å²) in [6.07, 6.45) is -2.09. The van der Waals surface area contributed by atoms with Gasteiger partial charge in [-0.1, -0.05) is 11.3 Å².